The summed E-state index contributed by atoms with van der Waals surface area (Å²) in [7, 11) is -0.985. The molecule has 0 spiro atoms. The predicted octanol–water partition coefficient (Wildman–Crippen LogP) is 0.760. The van der Waals surface area contributed by atoms with Crippen molar-refractivity contribution >= 4 is 34.0 Å². The molecule has 1 aliphatic rings. The number of rotatable bonds is 2. The normalized spacial score (nSPS) is 21.3. The topological polar surface area (TPSA) is 110 Å². The highest BCUT2D eigenvalue weighted by Gasteiger charge is 2.27. The van der Waals surface area contributed by atoms with Gasteiger partial charge in [-0.15, -0.1) is 0 Å². The molecule has 2 amide bonds. The highest BCUT2D eigenvalue weighted by molar-refractivity contribution is 7.85. The van der Waals surface area contributed by atoms with Gasteiger partial charge in [-0.05, 0) is 12.0 Å². The van der Waals surface area contributed by atoms with Crippen molar-refractivity contribution in [3.8, 4) is 0 Å². The quantitative estimate of drug-likeness (QED) is 0.486. The molecule has 0 radical (unpaired) electrons. The number of nitro groups is 1. The van der Waals surface area contributed by atoms with Crippen LogP contribution in [0.3, 0.4) is 0 Å². The Morgan fingerprint density at radius 1 is 1.43 bits per heavy atom. The summed E-state index contributed by atoms with van der Waals surface area (Å²) in [5.41, 5.74) is 0.0121. The lowest BCUT2D eigenvalue weighted by Crippen LogP contribution is -2.42. The van der Waals surface area contributed by atoms with Crippen molar-refractivity contribution in [2.24, 2.45) is 5.92 Å². The van der Waals surface area contributed by atoms with Crippen LogP contribution in [0.2, 0.25) is 0 Å². The van der Waals surface area contributed by atoms with Gasteiger partial charge in [-0.25, -0.2) is 0 Å². The number of non-ortho nitro benzene ring substituents is 1. The van der Waals surface area contributed by atoms with E-state index in [0.717, 1.165) is 0 Å². The van der Waals surface area contributed by atoms with Gasteiger partial charge in [-0.3, -0.25) is 23.9 Å². The third-order valence-corrected chi connectivity index (χ3v) is 4.97. The minimum atomic E-state index is -0.985. The molecule has 0 aromatic heterocycles. The highest BCUT2D eigenvalue weighted by atomic mass is 32.2. The van der Waals surface area contributed by atoms with Crippen LogP contribution in [-0.4, -0.2) is 50.4 Å². The van der Waals surface area contributed by atoms with Crippen molar-refractivity contribution in [1.29, 1.82) is 0 Å². The molecule has 1 aromatic rings. The van der Waals surface area contributed by atoms with Crippen LogP contribution in [0.5, 0.6) is 0 Å². The maximum absolute atomic E-state index is 12.2. The van der Waals surface area contributed by atoms with Gasteiger partial charge >= 0.3 is 11.8 Å². The smallest absolute Gasteiger partial charge is 0.313 e. The molecule has 8 nitrogen and oxygen atoms in total. The van der Waals surface area contributed by atoms with Crippen molar-refractivity contribution in [2.45, 2.75) is 6.92 Å². The first-order valence-electron chi connectivity index (χ1n) is 7.06. The first kappa shape index (κ1) is 17.1. The largest absolute Gasteiger partial charge is 0.333 e. The maximum atomic E-state index is 12.2. The molecule has 0 aliphatic carbocycles. The molecule has 23 heavy (non-hydrogen) atoms. The minimum Gasteiger partial charge on any atom is -0.333 e. The highest BCUT2D eigenvalue weighted by Crippen LogP contribution is 2.17. The molecular formula is C14H17N3O5S. The SMILES string of the molecule is C[C@H]1CN(C(=O)C(=O)Nc2cccc([N+](=O)[O-])c2)CC[S@@](=O)C1. The molecule has 2 rings (SSSR count). The zero-order chi connectivity index (χ0) is 17.0. The van der Waals surface area contributed by atoms with Gasteiger partial charge in [0.05, 0.1) is 4.92 Å². The predicted molar refractivity (Wildman–Crippen MR) is 85.3 cm³/mol. The zero-order valence-corrected chi connectivity index (χ0v) is 13.4. The Hall–Kier alpha value is -2.29. The number of nitro benzene ring substituents is 1. The fourth-order valence-corrected chi connectivity index (χ4v) is 3.67. The first-order chi connectivity index (χ1) is 10.9. The lowest BCUT2D eigenvalue weighted by Gasteiger charge is -2.21. The van der Waals surface area contributed by atoms with Gasteiger partial charge in [-0.1, -0.05) is 13.0 Å². The maximum Gasteiger partial charge on any atom is 0.313 e. The monoisotopic (exact) mass is 339 g/mol. The van der Waals surface area contributed by atoms with Crippen molar-refractivity contribution in [3.05, 3.63) is 34.4 Å². The van der Waals surface area contributed by atoms with Gasteiger partial charge in [0.2, 0.25) is 0 Å². The van der Waals surface area contributed by atoms with E-state index in [1.807, 2.05) is 6.92 Å². The average Bonchev–Trinajstić information content (AvgIpc) is 2.67. The fourth-order valence-electron chi connectivity index (χ4n) is 2.34. The number of hydrogen-bond donors (Lipinski definition) is 1. The molecule has 1 aromatic carbocycles. The van der Waals surface area contributed by atoms with E-state index in [4.69, 9.17) is 0 Å². The molecule has 1 fully saturated rings. The number of carbonyl (C=O) groups excluding carboxylic acids is 2. The van der Waals surface area contributed by atoms with Crippen molar-refractivity contribution < 1.29 is 18.7 Å². The zero-order valence-electron chi connectivity index (χ0n) is 12.6. The fraction of sp³-hybridized carbons (Fsp3) is 0.429. The number of nitrogens with one attached hydrogen (secondary N) is 1. The summed E-state index contributed by atoms with van der Waals surface area (Å²) in [6, 6.07) is 5.38. The van der Waals surface area contributed by atoms with Crippen molar-refractivity contribution in [2.75, 3.05) is 29.9 Å². The second-order valence-electron chi connectivity index (χ2n) is 5.43. The van der Waals surface area contributed by atoms with Crippen LogP contribution in [0, 0.1) is 16.0 Å². The van der Waals surface area contributed by atoms with Crippen molar-refractivity contribution in [3.63, 3.8) is 0 Å². The van der Waals surface area contributed by atoms with Gasteiger partial charge in [0.25, 0.3) is 5.69 Å². The molecule has 124 valence electrons. The molecule has 1 N–H and O–H groups in total. The van der Waals surface area contributed by atoms with Gasteiger partial charge in [0.1, 0.15) is 0 Å². The van der Waals surface area contributed by atoms with E-state index < -0.39 is 27.5 Å². The molecule has 0 saturated carbocycles. The van der Waals surface area contributed by atoms with Crippen LogP contribution in [0.25, 0.3) is 0 Å². The standard InChI is InChI=1S/C14H17N3O5S/c1-10-8-16(5-6-23(22)9-10)14(19)13(18)15-11-3-2-4-12(7-11)17(20)21/h2-4,7,10H,5-6,8-9H2,1H3,(H,15,18)/t10-,23+/m0/s1. The third-order valence-electron chi connectivity index (χ3n) is 3.39. The first-order valence-corrected chi connectivity index (χ1v) is 8.55. The van der Waals surface area contributed by atoms with Crippen molar-refractivity contribution in [1.82, 2.24) is 4.90 Å². The van der Waals surface area contributed by atoms with E-state index in [9.17, 15) is 23.9 Å². The van der Waals surface area contributed by atoms with Gasteiger partial charge in [-0.2, -0.15) is 0 Å². The Balaban J connectivity index is 2.05. The Morgan fingerprint density at radius 3 is 2.87 bits per heavy atom. The van der Waals surface area contributed by atoms with E-state index in [0.29, 0.717) is 18.1 Å². The summed E-state index contributed by atoms with van der Waals surface area (Å²) in [4.78, 5) is 35.8. The Morgan fingerprint density at radius 2 is 2.17 bits per heavy atom. The average molecular weight is 339 g/mol. The van der Waals surface area contributed by atoms with Gasteiger partial charge in [0.15, 0.2) is 0 Å². The number of anilines is 1. The minimum absolute atomic E-state index is 0.0490. The van der Waals surface area contributed by atoms with Crippen LogP contribution >= 0.6 is 0 Å². The van der Waals surface area contributed by atoms with Crippen LogP contribution in [0.15, 0.2) is 24.3 Å². The number of amides is 2. The Labute approximate surface area is 135 Å². The van der Waals surface area contributed by atoms with E-state index in [1.54, 1.807) is 0 Å². The summed E-state index contributed by atoms with van der Waals surface area (Å²) < 4.78 is 11.6. The summed E-state index contributed by atoms with van der Waals surface area (Å²) in [6.07, 6.45) is 0. The second kappa shape index (κ2) is 7.32. The molecule has 9 heteroatoms. The molecule has 2 atom stereocenters. The van der Waals surface area contributed by atoms with Crippen LogP contribution in [-0.2, 0) is 20.4 Å². The molecule has 1 saturated heterocycles. The molecule has 0 unspecified atom stereocenters. The second-order valence-corrected chi connectivity index (χ2v) is 7.05. The van der Waals surface area contributed by atoms with E-state index in [2.05, 4.69) is 5.32 Å². The van der Waals surface area contributed by atoms with Crippen LogP contribution in [0.4, 0.5) is 11.4 Å². The lowest BCUT2D eigenvalue weighted by atomic mass is 10.2. The summed E-state index contributed by atoms with van der Waals surface area (Å²) in [5, 5.41) is 13.1. The number of benzene rings is 1. The molecule has 1 aliphatic heterocycles. The molecule has 1 heterocycles. The van der Waals surface area contributed by atoms with E-state index >= 15 is 0 Å². The van der Waals surface area contributed by atoms with Crippen LogP contribution in [0.1, 0.15) is 6.92 Å². The lowest BCUT2D eigenvalue weighted by molar-refractivity contribution is -0.384. The summed E-state index contributed by atoms with van der Waals surface area (Å²) >= 11 is 0. The Bertz CT molecular complexity index is 664. The summed E-state index contributed by atoms with van der Waals surface area (Å²) in [5.74, 6) is -0.670. The molecular weight excluding hydrogens is 322 g/mol. The summed E-state index contributed by atoms with van der Waals surface area (Å²) in [6.45, 7) is 2.51. The van der Waals surface area contributed by atoms with Crippen LogP contribution < -0.4 is 5.32 Å². The van der Waals surface area contributed by atoms with Gasteiger partial charge < -0.3 is 10.2 Å². The molecule has 0 bridgehead atoms. The van der Waals surface area contributed by atoms with E-state index in [-0.39, 0.29) is 23.8 Å². The van der Waals surface area contributed by atoms with E-state index in [1.165, 1.54) is 29.2 Å². The Kier molecular flexibility index (Phi) is 5.43. The number of carbonyl (C=O) groups is 2. The number of hydrogen-bond acceptors (Lipinski definition) is 5. The number of nitrogens with zero attached hydrogens (tertiary/aromatic N) is 2. The third kappa shape index (κ3) is 4.59. The van der Waals surface area contributed by atoms with Gasteiger partial charge in [0, 0.05) is 53.2 Å².